The molecule has 4 rings (SSSR count). The molecule has 148 valence electrons. The predicted molar refractivity (Wildman–Crippen MR) is 110 cm³/mol. The first-order valence-electron chi connectivity index (χ1n) is 10.3. The number of hydrogen-bond acceptors (Lipinski definition) is 4. The second kappa shape index (κ2) is 9.01. The van der Waals surface area contributed by atoms with E-state index in [2.05, 4.69) is 32.3 Å². The fourth-order valence-electron chi connectivity index (χ4n) is 4.30. The molecule has 0 atom stereocenters. The van der Waals surface area contributed by atoms with Crippen LogP contribution in [0.1, 0.15) is 59.4 Å². The highest BCUT2D eigenvalue weighted by Gasteiger charge is 2.24. The average molecular weight is 399 g/mol. The van der Waals surface area contributed by atoms with Crippen molar-refractivity contribution in [2.24, 2.45) is 5.92 Å². The van der Waals surface area contributed by atoms with Gasteiger partial charge < -0.3 is 5.32 Å². The number of rotatable bonds is 5. The lowest BCUT2D eigenvalue weighted by atomic mass is 9.89. The first kappa shape index (κ1) is 19.3. The van der Waals surface area contributed by atoms with Crippen molar-refractivity contribution in [3.63, 3.8) is 0 Å². The third-order valence-electron chi connectivity index (χ3n) is 5.90. The summed E-state index contributed by atoms with van der Waals surface area (Å²) >= 11 is 5.98. The second-order valence-corrected chi connectivity index (χ2v) is 8.39. The molecule has 0 bridgehead atoms. The molecule has 1 aliphatic heterocycles. The molecule has 2 heterocycles. The maximum absolute atomic E-state index is 12.7. The van der Waals surface area contributed by atoms with Crippen LogP contribution in [0.25, 0.3) is 0 Å². The van der Waals surface area contributed by atoms with Gasteiger partial charge in [0.2, 0.25) is 0 Å². The fraction of sp³-hybridized carbons (Fsp3) is 0.500. The third-order valence-corrected chi connectivity index (χ3v) is 6.15. The van der Waals surface area contributed by atoms with Crippen LogP contribution in [0.3, 0.4) is 0 Å². The Morgan fingerprint density at radius 1 is 1.14 bits per heavy atom. The minimum atomic E-state index is -0.0459. The van der Waals surface area contributed by atoms with Gasteiger partial charge in [0.15, 0.2) is 0 Å². The van der Waals surface area contributed by atoms with Gasteiger partial charge in [0.05, 0.1) is 5.69 Å². The molecule has 2 aromatic rings. The monoisotopic (exact) mass is 398 g/mol. The average Bonchev–Trinajstić information content (AvgIpc) is 2.74. The fourth-order valence-corrected chi connectivity index (χ4v) is 4.43. The number of carbonyl (C=O) groups is 1. The molecule has 2 aliphatic rings. The molecule has 28 heavy (non-hydrogen) atoms. The Bertz CT molecular complexity index is 818. The predicted octanol–water partition coefficient (Wildman–Crippen LogP) is 4.00. The van der Waals surface area contributed by atoms with Crippen LogP contribution < -0.4 is 5.32 Å². The van der Waals surface area contributed by atoms with Gasteiger partial charge in [-0.25, -0.2) is 9.97 Å². The van der Waals surface area contributed by atoms with Crippen LogP contribution in [-0.4, -0.2) is 33.9 Å². The van der Waals surface area contributed by atoms with E-state index in [0.717, 1.165) is 48.9 Å². The van der Waals surface area contributed by atoms with Crippen molar-refractivity contribution in [2.45, 2.75) is 51.6 Å². The van der Waals surface area contributed by atoms with Gasteiger partial charge in [-0.05, 0) is 42.9 Å². The van der Waals surface area contributed by atoms with Gasteiger partial charge in [-0.1, -0.05) is 43.0 Å². The van der Waals surface area contributed by atoms with E-state index in [1.807, 2.05) is 12.1 Å². The number of hydrogen-bond donors (Lipinski definition) is 1. The van der Waals surface area contributed by atoms with Gasteiger partial charge >= 0.3 is 0 Å². The molecule has 0 spiro atoms. The number of nitrogens with zero attached hydrogens (tertiary/aromatic N) is 3. The van der Waals surface area contributed by atoms with E-state index < -0.39 is 0 Å². The zero-order chi connectivity index (χ0) is 19.3. The number of fused-ring (bicyclic) bond motifs is 1. The standard InChI is InChI=1S/C22H27ClN4O/c23-18-8-6-17(7-9-18)13-27-11-10-19-20(14-27)25-15-26-21(19)22(28)24-12-16-4-2-1-3-5-16/h6-9,15-16H,1-5,10-14H2,(H,24,28). The number of benzene rings is 1. The van der Waals surface area contributed by atoms with E-state index in [1.165, 1.54) is 44.0 Å². The van der Waals surface area contributed by atoms with Crippen LogP contribution >= 0.6 is 11.6 Å². The largest absolute Gasteiger partial charge is 0.350 e. The Hall–Kier alpha value is -1.98. The summed E-state index contributed by atoms with van der Waals surface area (Å²) in [7, 11) is 0. The van der Waals surface area contributed by atoms with Crippen LogP contribution in [0.15, 0.2) is 30.6 Å². The highest BCUT2D eigenvalue weighted by molar-refractivity contribution is 6.30. The molecule has 1 N–H and O–H groups in total. The van der Waals surface area contributed by atoms with Crippen LogP contribution in [0.4, 0.5) is 0 Å². The summed E-state index contributed by atoms with van der Waals surface area (Å²) in [4.78, 5) is 23.9. The maximum atomic E-state index is 12.7. The summed E-state index contributed by atoms with van der Waals surface area (Å²) in [5.74, 6) is 0.570. The number of nitrogens with one attached hydrogen (secondary N) is 1. The molecule has 0 unspecified atom stereocenters. The van der Waals surface area contributed by atoms with E-state index in [9.17, 15) is 4.79 Å². The van der Waals surface area contributed by atoms with Gasteiger partial charge in [-0.15, -0.1) is 0 Å². The summed E-state index contributed by atoms with van der Waals surface area (Å²) < 4.78 is 0. The summed E-state index contributed by atoms with van der Waals surface area (Å²) in [6, 6.07) is 7.96. The van der Waals surface area contributed by atoms with Gasteiger partial charge in [0, 0.05) is 36.8 Å². The van der Waals surface area contributed by atoms with Gasteiger partial charge in [-0.3, -0.25) is 9.69 Å². The molecule has 0 saturated heterocycles. The number of amides is 1. The number of carbonyl (C=O) groups excluding carboxylic acids is 1. The zero-order valence-corrected chi connectivity index (χ0v) is 16.9. The van der Waals surface area contributed by atoms with Crippen LogP contribution in [0, 0.1) is 5.92 Å². The van der Waals surface area contributed by atoms with Crippen molar-refractivity contribution in [1.82, 2.24) is 20.2 Å². The normalized spacial score (nSPS) is 17.9. The van der Waals surface area contributed by atoms with Gasteiger partial charge in [-0.2, -0.15) is 0 Å². The molecule has 1 aromatic carbocycles. The molecule has 1 saturated carbocycles. The topological polar surface area (TPSA) is 58.1 Å². The highest BCUT2D eigenvalue weighted by atomic mass is 35.5. The van der Waals surface area contributed by atoms with Crippen molar-refractivity contribution in [3.05, 3.63) is 58.1 Å². The van der Waals surface area contributed by atoms with Crippen molar-refractivity contribution >= 4 is 17.5 Å². The van der Waals surface area contributed by atoms with E-state index >= 15 is 0 Å². The molecule has 1 aliphatic carbocycles. The van der Waals surface area contributed by atoms with E-state index in [-0.39, 0.29) is 5.91 Å². The summed E-state index contributed by atoms with van der Waals surface area (Å²) in [5.41, 5.74) is 3.77. The molecule has 1 amide bonds. The lowest BCUT2D eigenvalue weighted by Gasteiger charge is -2.28. The number of aromatic nitrogens is 2. The summed E-state index contributed by atoms with van der Waals surface area (Å²) in [6.07, 6.45) is 8.68. The van der Waals surface area contributed by atoms with Crippen molar-refractivity contribution in [2.75, 3.05) is 13.1 Å². The third kappa shape index (κ3) is 4.70. The van der Waals surface area contributed by atoms with Crippen molar-refractivity contribution in [1.29, 1.82) is 0 Å². The first-order chi connectivity index (χ1) is 13.7. The maximum Gasteiger partial charge on any atom is 0.270 e. The summed E-state index contributed by atoms with van der Waals surface area (Å²) in [6.45, 7) is 3.25. The van der Waals surface area contributed by atoms with Gasteiger partial charge in [0.1, 0.15) is 12.0 Å². The Balaban J connectivity index is 1.39. The molecular formula is C22H27ClN4O. The zero-order valence-electron chi connectivity index (χ0n) is 16.2. The Labute approximate surface area is 171 Å². The Morgan fingerprint density at radius 3 is 2.71 bits per heavy atom. The van der Waals surface area contributed by atoms with Crippen molar-refractivity contribution < 1.29 is 4.79 Å². The molecule has 5 nitrogen and oxygen atoms in total. The lowest BCUT2D eigenvalue weighted by Crippen LogP contribution is -2.35. The molecule has 1 fully saturated rings. The van der Waals surface area contributed by atoms with E-state index in [1.54, 1.807) is 0 Å². The van der Waals surface area contributed by atoms with E-state index in [0.29, 0.717) is 11.6 Å². The van der Waals surface area contributed by atoms with Crippen molar-refractivity contribution in [3.8, 4) is 0 Å². The van der Waals surface area contributed by atoms with Crippen LogP contribution in [0.5, 0.6) is 0 Å². The Kier molecular flexibility index (Phi) is 6.23. The van der Waals surface area contributed by atoms with Gasteiger partial charge in [0.25, 0.3) is 5.91 Å². The Morgan fingerprint density at radius 2 is 1.93 bits per heavy atom. The molecule has 1 aromatic heterocycles. The molecular weight excluding hydrogens is 372 g/mol. The van der Waals surface area contributed by atoms with Crippen LogP contribution in [-0.2, 0) is 19.5 Å². The first-order valence-corrected chi connectivity index (χ1v) is 10.6. The molecule has 0 radical (unpaired) electrons. The van der Waals surface area contributed by atoms with E-state index in [4.69, 9.17) is 11.6 Å². The smallest absolute Gasteiger partial charge is 0.270 e. The minimum Gasteiger partial charge on any atom is -0.350 e. The second-order valence-electron chi connectivity index (χ2n) is 7.95. The quantitative estimate of drug-likeness (QED) is 0.827. The molecule has 6 heteroatoms. The lowest BCUT2D eigenvalue weighted by molar-refractivity contribution is 0.0935. The SMILES string of the molecule is O=C(NCC1CCCCC1)c1ncnc2c1CCN(Cc1ccc(Cl)cc1)C2. The number of halogens is 1. The highest BCUT2D eigenvalue weighted by Crippen LogP contribution is 2.24. The van der Waals surface area contributed by atoms with Crippen LogP contribution in [0.2, 0.25) is 5.02 Å². The summed E-state index contributed by atoms with van der Waals surface area (Å²) in [5, 5.41) is 3.87. The minimum absolute atomic E-state index is 0.0459.